The van der Waals surface area contributed by atoms with Crippen LogP contribution in [0.5, 0.6) is 0 Å². The fraction of sp³-hybridized carbons (Fsp3) is 0.438. The van der Waals surface area contributed by atoms with E-state index in [1.807, 2.05) is 24.6 Å². The van der Waals surface area contributed by atoms with Gasteiger partial charge in [0.05, 0.1) is 6.54 Å². The van der Waals surface area contributed by atoms with Gasteiger partial charge in [0.25, 0.3) is 0 Å². The van der Waals surface area contributed by atoms with Crippen molar-refractivity contribution >= 4 is 17.0 Å². The molecular formula is C16H23N3S. The molecule has 0 aliphatic heterocycles. The molecule has 0 radical (unpaired) electrons. The van der Waals surface area contributed by atoms with Crippen molar-refractivity contribution in [3.63, 3.8) is 0 Å². The lowest BCUT2D eigenvalue weighted by atomic mass is 10.1. The molecule has 108 valence electrons. The number of nitrogens with one attached hydrogen (secondary N) is 1. The Morgan fingerprint density at radius 2 is 2.20 bits per heavy atom. The van der Waals surface area contributed by atoms with Crippen molar-refractivity contribution in [2.45, 2.75) is 39.9 Å². The SMILES string of the molecule is CNCc1cnc(C)cc1N(Cc1cccs1)C(C)C. The molecule has 2 aromatic heterocycles. The molecule has 0 saturated carbocycles. The molecule has 0 unspecified atom stereocenters. The summed E-state index contributed by atoms with van der Waals surface area (Å²) in [6, 6.07) is 6.96. The van der Waals surface area contributed by atoms with Crippen molar-refractivity contribution in [2.75, 3.05) is 11.9 Å². The molecule has 1 N–H and O–H groups in total. The molecule has 20 heavy (non-hydrogen) atoms. The van der Waals surface area contributed by atoms with Gasteiger partial charge in [0.1, 0.15) is 0 Å². The Labute approximate surface area is 125 Å². The van der Waals surface area contributed by atoms with Crippen molar-refractivity contribution in [2.24, 2.45) is 0 Å². The number of anilines is 1. The van der Waals surface area contributed by atoms with E-state index in [-0.39, 0.29) is 0 Å². The van der Waals surface area contributed by atoms with Gasteiger partial charge in [-0.1, -0.05) is 6.07 Å². The summed E-state index contributed by atoms with van der Waals surface area (Å²) >= 11 is 1.81. The second-order valence-electron chi connectivity index (χ2n) is 5.29. The van der Waals surface area contributed by atoms with Crippen LogP contribution < -0.4 is 10.2 Å². The van der Waals surface area contributed by atoms with Gasteiger partial charge < -0.3 is 10.2 Å². The predicted molar refractivity (Wildman–Crippen MR) is 87.4 cm³/mol. The van der Waals surface area contributed by atoms with Crippen molar-refractivity contribution < 1.29 is 0 Å². The van der Waals surface area contributed by atoms with E-state index >= 15 is 0 Å². The first-order chi connectivity index (χ1) is 9.61. The normalized spacial score (nSPS) is 11.1. The van der Waals surface area contributed by atoms with Crippen LogP contribution in [0, 0.1) is 6.92 Å². The zero-order chi connectivity index (χ0) is 14.5. The van der Waals surface area contributed by atoms with E-state index < -0.39 is 0 Å². The Morgan fingerprint density at radius 3 is 2.80 bits per heavy atom. The monoisotopic (exact) mass is 289 g/mol. The van der Waals surface area contributed by atoms with E-state index in [9.17, 15) is 0 Å². The minimum atomic E-state index is 0.453. The largest absolute Gasteiger partial charge is 0.364 e. The first-order valence-electron chi connectivity index (χ1n) is 7.01. The van der Waals surface area contributed by atoms with E-state index in [2.05, 4.69) is 59.6 Å². The molecule has 0 aliphatic rings. The third kappa shape index (κ3) is 3.58. The zero-order valence-electron chi connectivity index (χ0n) is 12.7. The third-order valence-corrected chi connectivity index (χ3v) is 4.17. The molecule has 0 bridgehead atoms. The molecule has 0 spiro atoms. The lowest BCUT2D eigenvalue weighted by molar-refractivity contribution is 0.677. The standard InChI is InChI=1S/C16H23N3S/c1-12(2)19(11-15-6-5-7-20-15)16-8-13(3)18-10-14(16)9-17-4/h5-8,10,12,17H,9,11H2,1-4H3. The van der Waals surface area contributed by atoms with Crippen LogP contribution in [0.1, 0.15) is 30.0 Å². The smallest absolute Gasteiger partial charge is 0.0525 e. The number of thiophene rings is 1. The van der Waals surface area contributed by atoms with E-state index in [4.69, 9.17) is 0 Å². The molecule has 2 aromatic rings. The quantitative estimate of drug-likeness (QED) is 0.881. The Hall–Kier alpha value is -1.39. The molecule has 2 heterocycles. The van der Waals surface area contributed by atoms with E-state index in [0.717, 1.165) is 18.8 Å². The highest BCUT2D eigenvalue weighted by atomic mass is 32.1. The first-order valence-corrected chi connectivity index (χ1v) is 7.89. The molecule has 0 amide bonds. The second-order valence-corrected chi connectivity index (χ2v) is 6.32. The second kappa shape index (κ2) is 6.86. The average molecular weight is 289 g/mol. The number of hydrogen-bond donors (Lipinski definition) is 1. The van der Waals surface area contributed by atoms with Gasteiger partial charge in [-0.05, 0) is 45.3 Å². The highest BCUT2D eigenvalue weighted by Crippen LogP contribution is 2.26. The van der Waals surface area contributed by atoms with Crippen LogP contribution in [0.15, 0.2) is 29.8 Å². The van der Waals surface area contributed by atoms with Gasteiger partial charge in [0.15, 0.2) is 0 Å². The summed E-state index contributed by atoms with van der Waals surface area (Å²) in [6.07, 6.45) is 1.99. The number of nitrogens with zero attached hydrogens (tertiary/aromatic N) is 2. The van der Waals surface area contributed by atoms with Gasteiger partial charge in [-0.3, -0.25) is 4.98 Å². The van der Waals surface area contributed by atoms with Crippen molar-refractivity contribution in [1.29, 1.82) is 0 Å². The predicted octanol–water partition coefficient (Wildman–Crippen LogP) is 3.59. The van der Waals surface area contributed by atoms with Gasteiger partial charge in [0, 0.05) is 40.6 Å². The van der Waals surface area contributed by atoms with Crippen LogP contribution in [0.4, 0.5) is 5.69 Å². The van der Waals surface area contributed by atoms with Crippen LogP contribution >= 0.6 is 11.3 Å². The molecule has 4 heteroatoms. The first kappa shape index (κ1) is 15.0. The van der Waals surface area contributed by atoms with Crippen molar-refractivity contribution in [1.82, 2.24) is 10.3 Å². The summed E-state index contributed by atoms with van der Waals surface area (Å²) in [5, 5.41) is 5.37. The molecule has 0 atom stereocenters. The number of rotatable bonds is 6. The van der Waals surface area contributed by atoms with Crippen LogP contribution in [-0.2, 0) is 13.1 Å². The summed E-state index contributed by atoms with van der Waals surface area (Å²) in [5.41, 5.74) is 3.61. The lowest BCUT2D eigenvalue weighted by Gasteiger charge is -2.30. The van der Waals surface area contributed by atoms with Crippen LogP contribution in [0.25, 0.3) is 0 Å². The maximum Gasteiger partial charge on any atom is 0.0525 e. The van der Waals surface area contributed by atoms with Gasteiger partial charge in [-0.25, -0.2) is 0 Å². The molecule has 0 fully saturated rings. The molecule has 0 aliphatic carbocycles. The van der Waals surface area contributed by atoms with E-state index in [1.165, 1.54) is 16.1 Å². The van der Waals surface area contributed by atoms with E-state index in [0.29, 0.717) is 6.04 Å². The Morgan fingerprint density at radius 1 is 1.40 bits per heavy atom. The van der Waals surface area contributed by atoms with Gasteiger partial charge in [-0.2, -0.15) is 0 Å². The minimum absolute atomic E-state index is 0.453. The third-order valence-electron chi connectivity index (χ3n) is 3.30. The summed E-state index contributed by atoms with van der Waals surface area (Å²) < 4.78 is 0. The number of pyridine rings is 1. The highest BCUT2D eigenvalue weighted by Gasteiger charge is 2.16. The van der Waals surface area contributed by atoms with Gasteiger partial charge in [-0.15, -0.1) is 11.3 Å². The summed E-state index contributed by atoms with van der Waals surface area (Å²) in [7, 11) is 1.97. The van der Waals surface area contributed by atoms with Gasteiger partial charge in [0.2, 0.25) is 0 Å². The Balaban J connectivity index is 2.35. The zero-order valence-corrected chi connectivity index (χ0v) is 13.5. The molecule has 3 nitrogen and oxygen atoms in total. The van der Waals surface area contributed by atoms with Crippen LogP contribution in [0.3, 0.4) is 0 Å². The highest BCUT2D eigenvalue weighted by molar-refractivity contribution is 7.09. The topological polar surface area (TPSA) is 28.2 Å². The summed E-state index contributed by atoms with van der Waals surface area (Å²) in [5.74, 6) is 0. The molecular weight excluding hydrogens is 266 g/mol. The maximum absolute atomic E-state index is 4.43. The molecule has 0 aromatic carbocycles. The summed E-state index contributed by atoms with van der Waals surface area (Å²) in [6.45, 7) is 8.33. The maximum atomic E-state index is 4.43. The van der Waals surface area contributed by atoms with Gasteiger partial charge >= 0.3 is 0 Å². The number of aromatic nitrogens is 1. The lowest BCUT2D eigenvalue weighted by Crippen LogP contribution is -2.31. The Kier molecular flexibility index (Phi) is 5.15. The van der Waals surface area contributed by atoms with Crippen LogP contribution in [-0.4, -0.2) is 18.1 Å². The Bertz CT molecular complexity index is 535. The number of aryl methyl sites for hydroxylation is 1. The minimum Gasteiger partial charge on any atom is -0.364 e. The van der Waals surface area contributed by atoms with E-state index in [1.54, 1.807) is 0 Å². The number of hydrogen-bond acceptors (Lipinski definition) is 4. The molecule has 0 saturated heterocycles. The fourth-order valence-corrected chi connectivity index (χ4v) is 2.99. The average Bonchev–Trinajstić information content (AvgIpc) is 2.91. The molecule has 2 rings (SSSR count). The van der Waals surface area contributed by atoms with Crippen molar-refractivity contribution in [3.05, 3.63) is 45.9 Å². The fourth-order valence-electron chi connectivity index (χ4n) is 2.28. The summed E-state index contributed by atoms with van der Waals surface area (Å²) in [4.78, 5) is 8.28. The van der Waals surface area contributed by atoms with Crippen molar-refractivity contribution in [3.8, 4) is 0 Å². The van der Waals surface area contributed by atoms with Crippen LogP contribution in [0.2, 0.25) is 0 Å².